The second-order valence-electron chi connectivity index (χ2n) is 9.92. The van der Waals surface area contributed by atoms with Crippen molar-refractivity contribution in [2.24, 2.45) is 0 Å². The Morgan fingerprint density at radius 1 is 0.647 bits per heavy atom. The molecule has 194 valence electrons. The zero-order chi connectivity index (χ0) is 25.1. The highest BCUT2D eigenvalue weighted by Crippen LogP contribution is 2.34. The van der Waals surface area contributed by atoms with E-state index in [4.69, 9.17) is 4.74 Å². The largest absolute Gasteiger partial charge is 0.478 e. The molecule has 0 spiro atoms. The molecule has 0 heterocycles. The van der Waals surface area contributed by atoms with Crippen molar-refractivity contribution in [3.63, 3.8) is 0 Å². The predicted octanol–water partition coefficient (Wildman–Crippen LogP) is 9.36. The van der Waals surface area contributed by atoms with Gasteiger partial charge in [0.25, 0.3) is 0 Å². The molecule has 0 unspecified atom stereocenters. The predicted molar refractivity (Wildman–Crippen MR) is 142 cm³/mol. The number of unbranched alkanes of at least 4 members (excludes halogenated alkanes) is 12. The van der Waals surface area contributed by atoms with Crippen molar-refractivity contribution >= 4 is 11.9 Å². The zero-order valence-corrected chi connectivity index (χ0v) is 22.2. The van der Waals surface area contributed by atoms with Crippen LogP contribution >= 0.6 is 0 Å². The summed E-state index contributed by atoms with van der Waals surface area (Å²) in [7, 11) is 0. The summed E-state index contributed by atoms with van der Waals surface area (Å²) in [6, 6.07) is 6.43. The average molecular weight is 475 g/mol. The molecule has 1 rings (SSSR count). The molecule has 0 radical (unpaired) electrons. The molecular weight excluding hydrogens is 424 g/mol. The Labute approximate surface area is 208 Å². The standard InChI is InChI=1S/C30H50O4/c1-4-7-10-13-14-15-20-25-30(23-18-11-8-5-2,24-19-12-9-6-3)34-29(33)27-22-17-16-21-26(27)28(31)32/h16-17,21-22H,4-15,18-20,23-25H2,1-3H3,(H,31,32). The molecule has 0 aromatic heterocycles. The van der Waals surface area contributed by atoms with E-state index in [0.29, 0.717) is 0 Å². The second-order valence-corrected chi connectivity index (χ2v) is 9.92. The van der Waals surface area contributed by atoms with Crippen LogP contribution in [-0.2, 0) is 4.74 Å². The second kappa shape index (κ2) is 18.5. The van der Waals surface area contributed by atoms with Gasteiger partial charge in [-0.15, -0.1) is 0 Å². The van der Waals surface area contributed by atoms with Crippen LogP contribution in [0.3, 0.4) is 0 Å². The molecule has 0 aliphatic carbocycles. The summed E-state index contributed by atoms with van der Waals surface area (Å²) in [5.41, 5.74) is -0.302. The van der Waals surface area contributed by atoms with Crippen LogP contribution in [0.2, 0.25) is 0 Å². The molecule has 0 amide bonds. The molecular formula is C30H50O4. The monoisotopic (exact) mass is 474 g/mol. The van der Waals surface area contributed by atoms with Crippen LogP contribution < -0.4 is 0 Å². The zero-order valence-electron chi connectivity index (χ0n) is 22.2. The quantitative estimate of drug-likeness (QED) is 0.142. The van der Waals surface area contributed by atoms with Crippen LogP contribution in [0.1, 0.15) is 157 Å². The summed E-state index contributed by atoms with van der Waals surface area (Å²) < 4.78 is 6.32. The van der Waals surface area contributed by atoms with E-state index in [0.717, 1.165) is 51.4 Å². The molecule has 0 aliphatic rings. The van der Waals surface area contributed by atoms with Crippen LogP contribution in [0, 0.1) is 0 Å². The molecule has 4 heteroatoms. The van der Waals surface area contributed by atoms with Crippen molar-refractivity contribution in [3.05, 3.63) is 35.4 Å². The topological polar surface area (TPSA) is 63.6 Å². The highest BCUT2D eigenvalue weighted by molar-refractivity contribution is 6.02. The van der Waals surface area contributed by atoms with Crippen LogP contribution in [0.15, 0.2) is 24.3 Å². The van der Waals surface area contributed by atoms with E-state index < -0.39 is 17.5 Å². The van der Waals surface area contributed by atoms with Crippen molar-refractivity contribution in [2.45, 2.75) is 142 Å². The number of aromatic carboxylic acids is 1. The van der Waals surface area contributed by atoms with E-state index in [-0.39, 0.29) is 11.1 Å². The van der Waals surface area contributed by atoms with Gasteiger partial charge in [-0.3, -0.25) is 0 Å². The van der Waals surface area contributed by atoms with E-state index in [1.54, 1.807) is 18.2 Å². The van der Waals surface area contributed by atoms with Crippen LogP contribution in [-0.4, -0.2) is 22.6 Å². The number of carbonyl (C=O) groups excluding carboxylic acids is 1. The highest BCUT2D eigenvalue weighted by Gasteiger charge is 2.34. The summed E-state index contributed by atoms with van der Waals surface area (Å²) in [6.07, 6.45) is 20.3. The Bertz CT molecular complexity index is 670. The summed E-state index contributed by atoms with van der Waals surface area (Å²) in [6.45, 7) is 6.65. The van der Waals surface area contributed by atoms with Gasteiger partial charge in [0.05, 0.1) is 11.1 Å². The van der Waals surface area contributed by atoms with E-state index >= 15 is 0 Å². The number of hydrogen-bond donors (Lipinski definition) is 1. The minimum atomic E-state index is -1.09. The average Bonchev–Trinajstić information content (AvgIpc) is 2.84. The van der Waals surface area contributed by atoms with Crippen LogP contribution in [0.4, 0.5) is 0 Å². The molecule has 34 heavy (non-hydrogen) atoms. The lowest BCUT2D eigenvalue weighted by Crippen LogP contribution is -2.36. The van der Waals surface area contributed by atoms with Crippen molar-refractivity contribution < 1.29 is 19.4 Å². The van der Waals surface area contributed by atoms with Gasteiger partial charge in [-0.2, -0.15) is 0 Å². The highest BCUT2D eigenvalue weighted by atomic mass is 16.6. The van der Waals surface area contributed by atoms with Crippen molar-refractivity contribution in [2.75, 3.05) is 0 Å². The number of rotatable bonds is 21. The molecule has 1 aromatic rings. The first kappa shape index (κ1) is 30.2. The van der Waals surface area contributed by atoms with Gasteiger partial charge in [-0.1, -0.05) is 110 Å². The number of carboxylic acid groups (broad SMARTS) is 1. The number of esters is 1. The first-order valence-electron chi connectivity index (χ1n) is 14.0. The number of benzene rings is 1. The third-order valence-corrected chi connectivity index (χ3v) is 6.89. The lowest BCUT2D eigenvalue weighted by atomic mass is 9.84. The van der Waals surface area contributed by atoms with Crippen LogP contribution in [0.25, 0.3) is 0 Å². The van der Waals surface area contributed by atoms with Gasteiger partial charge in [0, 0.05) is 0 Å². The van der Waals surface area contributed by atoms with E-state index in [9.17, 15) is 14.7 Å². The fraction of sp³-hybridized carbons (Fsp3) is 0.733. The van der Waals surface area contributed by atoms with Crippen LogP contribution in [0.5, 0.6) is 0 Å². The fourth-order valence-corrected chi connectivity index (χ4v) is 4.78. The molecule has 1 N–H and O–H groups in total. The summed E-state index contributed by atoms with van der Waals surface area (Å²) >= 11 is 0. The molecule has 1 aromatic carbocycles. The Kier molecular flexibility index (Phi) is 16.4. The third-order valence-electron chi connectivity index (χ3n) is 6.89. The lowest BCUT2D eigenvalue weighted by Gasteiger charge is -2.34. The van der Waals surface area contributed by atoms with Crippen molar-refractivity contribution in [3.8, 4) is 0 Å². The van der Waals surface area contributed by atoms with E-state index in [1.165, 1.54) is 70.3 Å². The molecule has 0 atom stereocenters. The molecule has 0 aliphatic heterocycles. The van der Waals surface area contributed by atoms with E-state index in [2.05, 4.69) is 20.8 Å². The maximum atomic E-state index is 13.3. The van der Waals surface area contributed by atoms with Gasteiger partial charge in [0.2, 0.25) is 0 Å². The number of carbonyl (C=O) groups is 2. The SMILES string of the molecule is CCCCCCCCCC(CCCCCC)(CCCCCC)OC(=O)c1ccccc1C(=O)O. The van der Waals surface area contributed by atoms with Gasteiger partial charge >= 0.3 is 11.9 Å². The van der Waals surface area contributed by atoms with Gasteiger partial charge in [-0.05, 0) is 50.7 Å². The molecule has 0 saturated heterocycles. The molecule has 4 nitrogen and oxygen atoms in total. The lowest BCUT2D eigenvalue weighted by molar-refractivity contribution is -0.0362. The molecule has 0 saturated carbocycles. The Hall–Kier alpha value is -1.84. The van der Waals surface area contributed by atoms with E-state index in [1.807, 2.05) is 0 Å². The normalized spacial score (nSPS) is 11.5. The Balaban J connectivity index is 2.98. The molecule has 0 fully saturated rings. The van der Waals surface area contributed by atoms with Crippen molar-refractivity contribution in [1.29, 1.82) is 0 Å². The Morgan fingerprint density at radius 2 is 1.03 bits per heavy atom. The number of carboxylic acids is 1. The first-order valence-corrected chi connectivity index (χ1v) is 14.0. The summed E-state index contributed by atoms with van der Waals surface area (Å²) in [5.74, 6) is -1.57. The maximum absolute atomic E-state index is 13.3. The fourth-order valence-electron chi connectivity index (χ4n) is 4.78. The minimum absolute atomic E-state index is 0.0225. The van der Waals surface area contributed by atoms with Gasteiger partial charge in [0.15, 0.2) is 0 Å². The minimum Gasteiger partial charge on any atom is -0.478 e. The van der Waals surface area contributed by atoms with Gasteiger partial charge in [-0.25, -0.2) is 9.59 Å². The first-order chi connectivity index (χ1) is 16.5. The Morgan fingerprint density at radius 3 is 1.47 bits per heavy atom. The number of ether oxygens (including phenoxy) is 1. The van der Waals surface area contributed by atoms with Gasteiger partial charge < -0.3 is 9.84 Å². The van der Waals surface area contributed by atoms with Crippen molar-refractivity contribution in [1.82, 2.24) is 0 Å². The maximum Gasteiger partial charge on any atom is 0.339 e. The molecule has 0 bridgehead atoms. The summed E-state index contributed by atoms with van der Waals surface area (Å²) in [5, 5.41) is 9.57. The smallest absolute Gasteiger partial charge is 0.339 e. The summed E-state index contributed by atoms with van der Waals surface area (Å²) in [4.78, 5) is 25.0. The van der Waals surface area contributed by atoms with Gasteiger partial charge in [0.1, 0.15) is 5.60 Å². The number of hydrogen-bond acceptors (Lipinski definition) is 3. The third kappa shape index (κ3) is 12.0.